The fourth-order valence-electron chi connectivity index (χ4n) is 2.54. The van der Waals surface area contributed by atoms with E-state index in [0.29, 0.717) is 6.54 Å². The molecule has 3 rings (SSSR count). The van der Waals surface area contributed by atoms with E-state index >= 15 is 0 Å². The van der Waals surface area contributed by atoms with Crippen LogP contribution in [0.3, 0.4) is 0 Å². The fourth-order valence-corrected chi connectivity index (χ4v) is 2.54. The van der Waals surface area contributed by atoms with Crippen LogP contribution < -0.4 is 5.32 Å². The predicted octanol–water partition coefficient (Wildman–Crippen LogP) is 3.57. The number of carbonyl (C=O) groups is 1. The van der Waals surface area contributed by atoms with Crippen molar-refractivity contribution in [2.75, 3.05) is 6.54 Å². The number of nitrogens with one attached hydrogen (secondary N) is 1. The summed E-state index contributed by atoms with van der Waals surface area (Å²) in [6.07, 6.45) is 2.94. The molecular weight excluding hydrogens is 290 g/mol. The molecule has 1 N–H and O–H groups in total. The van der Waals surface area contributed by atoms with E-state index in [4.69, 9.17) is 4.52 Å². The normalized spacial score (nSPS) is 11.3. The maximum absolute atomic E-state index is 12.0. The molecule has 0 atom stereocenters. The Morgan fingerprint density at radius 3 is 2.91 bits per heavy atom. The Morgan fingerprint density at radius 1 is 1.30 bits per heavy atom. The number of fused-ring (bicyclic) bond motifs is 1. The number of hydrogen-bond acceptors (Lipinski definition) is 3. The lowest BCUT2D eigenvalue weighted by Gasteiger charge is -2.06. The molecule has 3 aromatic rings. The Hall–Kier alpha value is -2.56. The molecule has 0 spiro atoms. The van der Waals surface area contributed by atoms with Crippen molar-refractivity contribution in [1.82, 2.24) is 15.0 Å². The monoisotopic (exact) mass is 311 g/mol. The minimum absolute atomic E-state index is 0.207. The molecule has 0 aliphatic rings. The zero-order valence-electron chi connectivity index (χ0n) is 13.5. The van der Waals surface area contributed by atoms with Crippen molar-refractivity contribution < 1.29 is 9.32 Å². The van der Waals surface area contributed by atoms with Crippen LogP contribution in [0.5, 0.6) is 0 Å². The summed E-state index contributed by atoms with van der Waals surface area (Å²) < 4.78 is 7.28. The summed E-state index contributed by atoms with van der Waals surface area (Å²) in [5.41, 5.74) is 2.02. The number of rotatable bonds is 6. The lowest BCUT2D eigenvalue weighted by Crippen LogP contribution is -2.24. The highest BCUT2D eigenvalue weighted by Crippen LogP contribution is 2.15. The van der Waals surface area contributed by atoms with E-state index in [-0.39, 0.29) is 17.6 Å². The molecule has 0 aliphatic carbocycles. The molecule has 0 unspecified atom stereocenters. The maximum Gasteiger partial charge on any atom is 0.289 e. The third kappa shape index (κ3) is 3.44. The van der Waals surface area contributed by atoms with Crippen molar-refractivity contribution >= 4 is 16.8 Å². The summed E-state index contributed by atoms with van der Waals surface area (Å²) in [6, 6.07) is 12.1. The highest BCUT2D eigenvalue weighted by molar-refractivity contribution is 5.91. The molecule has 0 saturated carbocycles. The molecule has 2 aromatic heterocycles. The zero-order valence-corrected chi connectivity index (χ0v) is 13.5. The molecule has 23 heavy (non-hydrogen) atoms. The van der Waals surface area contributed by atoms with Crippen molar-refractivity contribution in [3.8, 4) is 0 Å². The highest BCUT2D eigenvalue weighted by atomic mass is 16.5. The van der Waals surface area contributed by atoms with Crippen molar-refractivity contribution in [3.05, 3.63) is 54.0 Å². The molecule has 0 bridgehead atoms. The van der Waals surface area contributed by atoms with Gasteiger partial charge in [-0.3, -0.25) is 4.79 Å². The van der Waals surface area contributed by atoms with Gasteiger partial charge in [0.05, 0.1) is 5.69 Å². The second kappa shape index (κ2) is 6.69. The largest absolute Gasteiger partial charge is 0.351 e. The Morgan fingerprint density at radius 2 is 2.13 bits per heavy atom. The van der Waals surface area contributed by atoms with Crippen LogP contribution in [-0.4, -0.2) is 22.2 Å². The summed E-state index contributed by atoms with van der Waals surface area (Å²) in [5.74, 6) is 0.323. The van der Waals surface area contributed by atoms with Gasteiger partial charge in [-0.1, -0.05) is 37.2 Å². The standard InChI is InChI=1S/C18H21N3O2/c1-13(2)15-12-17(23-20-15)18(22)19-9-5-10-21-11-8-14-6-3-4-7-16(14)21/h3-4,6-8,11-13H,5,9-10H2,1-2H3,(H,19,22). The molecule has 120 valence electrons. The van der Waals surface area contributed by atoms with Gasteiger partial charge in [-0.15, -0.1) is 0 Å². The first-order valence-electron chi connectivity index (χ1n) is 7.94. The van der Waals surface area contributed by atoms with E-state index in [1.54, 1.807) is 6.07 Å². The van der Waals surface area contributed by atoms with Gasteiger partial charge >= 0.3 is 0 Å². The fraction of sp³-hybridized carbons (Fsp3) is 0.333. The molecule has 1 aromatic carbocycles. The van der Waals surface area contributed by atoms with E-state index < -0.39 is 0 Å². The van der Waals surface area contributed by atoms with Gasteiger partial charge in [-0.2, -0.15) is 0 Å². The molecule has 5 nitrogen and oxygen atoms in total. The summed E-state index contributed by atoms with van der Waals surface area (Å²) in [6.45, 7) is 5.49. The van der Waals surface area contributed by atoms with Crippen LogP contribution in [0.15, 0.2) is 47.1 Å². The van der Waals surface area contributed by atoms with Crippen LogP contribution >= 0.6 is 0 Å². The summed E-state index contributed by atoms with van der Waals surface area (Å²) >= 11 is 0. The smallest absolute Gasteiger partial charge is 0.289 e. The third-order valence-corrected chi connectivity index (χ3v) is 3.89. The molecule has 0 aliphatic heterocycles. The summed E-state index contributed by atoms with van der Waals surface area (Å²) in [4.78, 5) is 12.0. The number of aromatic nitrogens is 2. The molecule has 0 saturated heterocycles. The molecular formula is C18H21N3O2. The number of nitrogens with zero attached hydrogens (tertiary/aromatic N) is 2. The van der Waals surface area contributed by atoms with E-state index in [1.807, 2.05) is 26.0 Å². The van der Waals surface area contributed by atoms with Gasteiger partial charge in [-0.25, -0.2) is 0 Å². The number of aryl methyl sites for hydroxylation is 1. The van der Waals surface area contributed by atoms with E-state index in [1.165, 1.54) is 10.9 Å². The molecule has 0 radical (unpaired) electrons. The zero-order chi connectivity index (χ0) is 16.2. The SMILES string of the molecule is CC(C)c1cc(C(=O)NCCCn2ccc3ccccc32)on1. The molecule has 5 heteroatoms. The minimum Gasteiger partial charge on any atom is -0.351 e. The van der Waals surface area contributed by atoms with E-state index in [9.17, 15) is 4.79 Å². The van der Waals surface area contributed by atoms with Gasteiger partial charge in [0.2, 0.25) is 5.76 Å². The van der Waals surface area contributed by atoms with Gasteiger partial charge in [0.1, 0.15) is 0 Å². The number of hydrogen-bond donors (Lipinski definition) is 1. The molecule has 0 fully saturated rings. The van der Waals surface area contributed by atoms with Crippen LogP contribution in [0, 0.1) is 0 Å². The lowest BCUT2D eigenvalue weighted by molar-refractivity contribution is 0.0915. The average molecular weight is 311 g/mol. The minimum atomic E-state index is -0.207. The second-order valence-electron chi connectivity index (χ2n) is 5.95. The Balaban J connectivity index is 1.50. The Kier molecular flexibility index (Phi) is 4.46. The number of para-hydroxylation sites is 1. The van der Waals surface area contributed by atoms with Crippen molar-refractivity contribution in [2.24, 2.45) is 0 Å². The van der Waals surface area contributed by atoms with Gasteiger partial charge in [0.15, 0.2) is 0 Å². The van der Waals surface area contributed by atoms with Gasteiger partial charge in [0, 0.05) is 30.9 Å². The van der Waals surface area contributed by atoms with E-state index in [2.05, 4.69) is 39.4 Å². The second-order valence-corrected chi connectivity index (χ2v) is 5.95. The summed E-state index contributed by atoms with van der Waals surface area (Å²) in [7, 11) is 0. The highest BCUT2D eigenvalue weighted by Gasteiger charge is 2.14. The van der Waals surface area contributed by atoms with Crippen LogP contribution in [0.25, 0.3) is 10.9 Å². The maximum atomic E-state index is 12.0. The van der Waals surface area contributed by atoms with Crippen molar-refractivity contribution in [1.29, 1.82) is 0 Å². The predicted molar refractivity (Wildman–Crippen MR) is 89.5 cm³/mol. The molecule has 1 amide bonds. The van der Waals surface area contributed by atoms with Crippen molar-refractivity contribution in [3.63, 3.8) is 0 Å². The average Bonchev–Trinajstić information content (AvgIpc) is 3.19. The van der Waals surface area contributed by atoms with Gasteiger partial charge in [-0.05, 0) is 29.9 Å². The lowest BCUT2D eigenvalue weighted by atomic mass is 10.1. The quantitative estimate of drug-likeness (QED) is 0.708. The number of benzene rings is 1. The topological polar surface area (TPSA) is 60.1 Å². The van der Waals surface area contributed by atoms with Crippen LogP contribution in [0.2, 0.25) is 0 Å². The van der Waals surface area contributed by atoms with Crippen LogP contribution in [-0.2, 0) is 6.54 Å². The number of carbonyl (C=O) groups excluding carboxylic acids is 1. The first-order valence-corrected chi connectivity index (χ1v) is 7.94. The Labute approximate surface area is 135 Å². The van der Waals surface area contributed by atoms with Crippen LogP contribution in [0.4, 0.5) is 0 Å². The van der Waals surface area contributed by atoms with Crippen molar-refractivity contribution in [2.45, 2.75) is 32.7 Å². The molecule has 2 heterocycles. The first kappa shape index (κ1) is 15.3. The Bertz CT molecular complexity index is 801. The third-order valence-electron chi connectivity index (χ3n) is 3.89. The first-order chi connectivity index (χ1) is 11.1. The van der Waals surface area contributed by atoms with Gasteiger partial charge in [0.25, 0.3) is 5.91 Å². The number of amides is 1. The van der Waals surface area contributed by atoms with E-state index in [0.717, 1.165) is 18.7 Å². The summed E-state index contributed by atoms with van der Waals surface area (Å²) in [5, 5.41) is 8.01. The van der Waals surface area contributed by atoms with Crippen LogP contribution in [0.1, 0.15) is 42.4 Å². The van der Waals surface area contributed by atoms with Gasteiger partial charge < -0.3 is 14.4 Å².